The van der Waals surface area contributed by atoms with E-state index in [1.54, 1.807) is 0 Å². The average Bonchev–Trinajstić information content (AvgIpc) is 2.14. The number of rotatable bonds is 1. The lowest BCUT2D eigenvalue weighted by Crippen LogP contribution is -2.21. The number of hydrogen-bond donors (Lipinski definition) is 2. The van der Waals surface area contributed by atoms with Crippen molar-refractivity contribution >= 4 is 5.84 Å². The minimum Gasteiger partial charge on any atom is -0.388 e. The van der Waals surface area contributed by atoms with Gasteiger partial charge in [0.15, 0.2) is 0 Å². The smallest absolute Gasteiger partial charge is 0.122 e. The van der Waals surface area contributed by atoms with Gasteiger partial charge in [0.2, 0.25) is 0 Å². The molecule has 0 saturated heterocycles. The van der Waals surface area contributed by atoms with E-state index in [-0.39, 0.29) is 6.61 Å². The van der Waals surface area contributed by atoms with Crippen LogP contribution in [0.3, 0.4) is 0 Å². The van der Waals surface area contributed by atoms with Crippen LogP contribution in [0.15, 0.2) is 4.99 Å². The van der Waals surface area contributed by atoms with Gasteiger partial charge < -0.3 is 10.4 Å². The molecule has 0 radical (unpaired) electrons. The van der Waals surface area contributed by atoms with Crippen LogP contribution in [-0.2, 0) is 0 Å². The van der Waals surface area contributed by atoms with Crippen LogP contribution in [-0.4, -0.2) is 30.6 Å². The van der Waals surface area contributed by atoms with Crippen molar-refractivity contribution in [3.63, 3.8) is 0 Å². The summed E-state index contributed by atoms with van der Waals surface area (Å²) < 4.78 is 0. The first-order chi connectivity index (χ1) is 3.43. The van der Waals surface area contributed by atoms with Crippen molar-refractivity contribution in [2.75, 3.05) is 19.7 Å². The van der Waals surface area contributed by atoms with Gasteiger partial charge in [0.05, 0.1) is 6.54 Å². The zero-order valence-corrected chi connectivity index (χ0v) is 4.02. The fourth-order valence-corrected chi connectivity index (χ4v) is 0.553. The highest BCUT2D eigenvalue weighted by Crippen LogP contribution is 1.80. The first kappa shape index (κ1) is 4.59. The van der Waals surface area contributed by atoms with Gasteiger partial charge in [-0.15, -0.1) is 0 Å². The Balaban J connectivity index is 2.36. The third kappa shape index (κ3) is 0.899. The number of hydrogen-bond acceptors (Lipinski definition) is 3. The molecular formula is C4H8N2O. The average molecular weight is 100 g/mol. The number of nitrogens with zero attached hydrogens (tertiary/aromatic N) is 1. The lowest BCUT2D eigenvalue weighted by molar-refractivity contribution is 0.354. The second kappa shape index (κ2) is 1.93. The summed E-state index contributed by atoms with van der Waals surface area (Å²) in [6, 6.07) is 0. The van der Waals surface area contributed by atoms with Gasteiger partial charge in [0.25, 0.3) is 0 Å². The topological polar surface area (TPSA) is 44.6 Å². The molecule has 3 nitrogen and oxygen atoms in total. The van der Waals surface area contributed by atoms with Crippen molar-refractivity contribution in [3.05, 3.63) is 0 Å². The minimum atomic E-state index is 0.0556. The standard InChI is InChI=1S/C4H8N2O/c7-3-4-5-1-2-6-4/h7H,1-3H2,(H,5,6). The molecule has 0 aliphatic carbocycles. The summed E-state index contributed by atoms with van der Waals surface area (Å²) in [7, 11) is 0. The molecular weight excluding hydrogens is 92.1 g/mol. The lowest BCUT2D eigenvalue weighted by atomic mass is 10.6. The highest BCUT2D eigenvalue weighted by Gasteiger charge is 1.99. The van der Waals surface area contributed by atoms with Gasteiger partial charge in [0.1, 0.15) is 12.4 Å². The zero-order valence-electron chi connectivity index (χ0n) is 4.02. The van der Waals surface area contributed by atoms with Gasteiger partial charge in [-0.3, -0.25) is 4.99 Å². The maximum atomic E-state index is 8.37. The number of amidine groups is 1. The van der Waals surface area contributed by atoms with Crippen LogP contribution in [0.4, 0.5) is 0 Å². The molecule has 1 heterocycles. The number of aliphatic imine (C=N–C) groups is 1. The maximum Gasteiger partial charge on any atom is 0.122 e. The highest BCUT2D eigenvalue weighted by atomic mass is 16.3. The summed E-state index contributed by atoms with van der Waals surface area (Å²) in [5.41, 5.74) is 0. The number of nitrogens with one attached hydrogen (secondary N) is 1. The molecule has 0 saturated carbocycles. The Morgan fingerprint density at radius 3 is 3.00 bits per heavy atom. The molecule has 2 N–H and O–H groups in total. The van der Waals surface area contributed by atoms with Gasteiger partial charge >= 0.3 is 0 Å². The predicted octanol–water partition coefficient (Wildman–Crippen LogP) is -1.02. The molecule has 7 heavy (non-hydrogen) atoms. The fraction of sp³-hybridized carbons (Fsp3) is 0.750. The SMILES string of the molecule is OCC1=NCCN1. The molecule has 0 aromatic heterocycles. The van der Waals surface area contributed by atoms with Crippen LogP contribution < -0.4 is 5.32 Å². The van der Waals surface area contributed by atoms with Crippen LogP contribution in [0.25, 0.3) is 0 Å². The highest BCUT2D eigenvalue weighted by molar-refractivity contribution is 5.84. The van der Waals surface area contributed by atoms with Crippen LogP contribution in [0.2, 0.25) is 0 Å². The van der Waals surface area contributed by atoms with E-state index < -0.39 is 0 Å². The lowest BCUT2D eigenvalue weighted by Gasteiger charge is -1.91. The second-order valence-corrected chi connectivity index (χ2v) is 1.41. The summed E-state index contributed by atoms with van der Waals surface area (Å²) in [5.74, 6) is 0.722. The van der Waals surface area contributed by atoms with Gasteiger partial charge in [-0.2, -0.15) is 0 Å². The van der Waals surface area contributed by atoms with Crippen LogP contribution in [0.5, 0.6) is 0 Å². The first-order valence-corrected chi connectivity index (χ1v) is 2.31. The molecule has 0 bridgehead atoms. The van der Waals surface area contributed by atoms with Gasteiger partial charge in [-0.25, -0.2) is 0 Å². The van der Waals surface area contributed by atoms with Gasteiger partial charge in [-0.05, 0) is 0 Å². The maximum absolute atomic E-state index is 8.37. The van der Waals surface area contributed by atoms with Crippen molar-refractivity contribution < 1.29 is 5.11 Å². The quantitative estimate of drug-likeness (QED) is 0.443. The Kier molecular flexibility index (Phi) is 1.26. The van der Waals surface area contributed by atoms with E-state index in [4.69, 9.17) is 5.11 Å². The monoisotopic (exact) mass is 100 g/mol. The molecule has 1 aliphatic rings. The van der Waals surface area contributed by atoms with Gasteiger partial charge in [-0.1, -0.05) is 0 Å². The summed E-state index contributed by atoms with van der Waals surface area (Å²) in [6.45, 7) is 1.76. The largest absolute Gasteiger partial charge is 0.388 e. The summed E-state index contributed by atoms with van der Waals surface area (Å²) in [6.07, 6.45) is 0. The molecule has 0 aromatic rings. The number of aliphatic hydroxyl groups excluding tert-OH is 1. The Hall–Kier alpha value is -0.570. The first-order valence-electron chi connectivity index (χ1n) is 2.31. The molecule has 0 aromatic carbocycles. The van der Waals surface area contributed by atoms with Crippen molar-refractivity contribution in [3.8, 4) is 0 Å². The van der Waals surface area contributed by atoms with Crippen LogP contribution >= 0.6 is 0 Å². The van der Waals surface area contributed by atoms with E-state index in [0.29, 0.717) is 0 Å². The molecule has 1 aliphatic heterocycles. The Bertz CT molecular complexity index is 89.7. The molecule has 0 unspecified atom stereocenters. The fourth-order valence-electron chi connectivity index (χ4n) is 0.553. The molecule has 0 amide bonds. The minimum absolute atomic E-state index is 0.0556. The Labute approximate surface area is 42.1 Å². The van der Waals surface area contributed by atoms with Crippen molar-refractivity contribution in [2.24, 2.45) is 4.99 Å². The molecule has 3 heteroatoms. The third-order valence-corrected chi connectivity index (χ3v) is 0.893. The van der Waals surface area contributed by atoms with E-state index in [2.05, 4.69) is 10.3 Å². The molecule has 0 atom stereocenters. The van der Waals surface area contributed by atoms with E-state index >= 15 is 0 Å². The Morgan fingerprint density at radius 2 is 2.71 bits per heavy atom. The number of aliphatic hydroxyl groups is 1. The van der Waals surface area contributed by atoms with Crippen molar-refractivity contribution in [1.29, 1.82) is 0 Å². The molecule has 1 rings (SSSR count). The van der Waals surface area contributed by atoms with Gasteiger partial charge in [0, 0.05) is 6.54 Å². The van der Waals surface area contributed by atoms with Crippen LogP contribution in [0, 0.1) is 0 Å². The zero-order chi connectivity index (χ0) is 5.11. The van der Waals surface area contributed by atoms with E-state index in [9.17, 15) is 0 Å². The second-order valence-electron chi connectivity index (χ2n) is 1.41. The Morgan fingerprint density at radius 1 is 1.86 bits per heavy atom. The van der Waals surface area contributed by atoms with Crippen molar-refractivity contribution in [2.45, 2.75) is 0 Å². The van der Waals surface area contributed by atoms with E-state index in [1.165, 1.54) is 0 Å². The van der Waals surface area contributed by atoms with Crippen molar-refractivity contribution in [1.82, 2.24) is 5.32 Å². The summed E-state index contributed by atoms with van der Waals surface area (Å²) >= 11 is 0. The predicted molar refractivity (Wildman–Crippen MR) is 27.4 cm³/mol. The van der Waals surface area contributed by atoms with Crippen LogP contribution in [0.1, 0.15) is 0 Å². The summed E-state index contributed by atoms with van der Waals surface area (Å²) in [5, 5.41) is 11.3. The van der Waals surface area contributed by atoms with E-state index in [1.807, 2.05) is 0 Å². The third-order valence-electron chi connectivity index (χ3n) is 0.893. The molecule has 40 valence electrons. The normalized spacial score (nSPS) is 18.7. The van der Waals surface area contributed by atoms with E-state index in [0.717, 1.165) is 18.9 Å². The summed E-state index contributed by atoms with van der Waals surface area (Å²) in [4.78, 5) is 3.91. The molecule has 0 fully saturated rings. The molecule has 0 spiro atoms.